The predicted octanol–water partition coefficient (Wildman–Crippen LogP) is 1.66. The van der Waals surface area contributed by atoms with Gasteiger partial charge in [-0.1, -0.05) is 6.08 Å². The van der Waals surface area contributed by atoms with E-state index in [0.717, 1.165) is 12.0 Å². The minimum atomic E-state index is -0.405. The van der Waals surface area contributed by atoms with Crippen LogP contribution < -0.4 is 0 Å². The number of ketones is 1. The molecule has 2 nitrogen and oxygen atoms in total. The van der Waals surface area contributed by atoms with E-state index in [2.05, 4.69) is 4.98 Å². The SMILES string of the molecule is O=C(Cc1ncccc1F)C1=CC1. The van der Waals surface area contributed by atoms with Crippen molar-refractivity contribution in [1.82, 2.24) is 4.98 Å². The Morgan fingerprint density at radius 2 is 2.38 bits per heavy atom. The van der Waals surface area contributed by atoms with E-state index in [9.17, 15) is 9.18 Å². The van der Waals surface area contributed by atoms with E-state index >= 15 is 0 Å². The second-order valence-electron chi connectivity index (χ2n) is 2.97. The number of halogens is 1. The van der Waals surface area contributed by atoms with Crippen LogP contribution in [0.3, 0.4) is 0 Å². The Labute approximate surface area is 75.1 Å². The van der Waals surface area contributed by atoms with E-state index in [0.29, 0.717) is 0 Å². The Morgan fingerprint density at radius 1 is 1.62 bits per heavy atom. The van der Waals surface area contributed by atoms with Gasteiger partial charge in [-0.05, 0) is 24.1 Å². The first-order valence-electron chi connectivity index (χ1n) is 4.09. The maximum atomic E-state index is 13.0. The van der Waals surface area contributed by atoms with Crippen LogP contribution in [-0.2, 0) is 11.2 Å². The Morgan fingerprint density at radius 3 is 3.00 bits per heavy atom. The van der Waals surface area contributed by atoms with Crippen LogP contribution in [0.15, 0.2) is 30.0 Å². The fourth-order valence-electron chi connectivity index (χ4n) is 1.09. The first-order chi connectivity index (χ1) is 6.27. The molecule has 3 heteroatoms. The third kappa shape index (κ3) is 1.80. The van der Waals surface area contributed by atoms with Gasteiger partial charge < -0.3 is 0 Å². The van der Waals surface area contributed by atoms with Gasteiger partial charge in [0.15, 0.2) is 5.78 Å². The molecule has 0 amide bonds. The summed E-state index contributed by atoms with van der Waals surface area (Å²) in [6.45, 7) is 0. The molecular formula is C10H8FNO. The van der Waals surface area contributed by atoms with Crippen LogP contribution in [0.1, 0.15) is 12.1 Å². The molecular weight excluding hydrogens is 169 g/mol. The highest BCUT2D eigenvalue weighted by atomic mass is 19.1. The fourth-order valence-corrected chi connectivity index (χ4v) is 1.09. The molecule has 0 aliphatic heterocycles. The van der Waals surface area contributed by atoms with Gasteiger partial charge in [-0.15, -0.1) is 0 Å². The lowest BCUT2D eigenvalue weighted by molar-refractivity contribution is -0.114. The molecule has 0 saturated heterocycles. The van der Waals surface area contributed by atoms with E-state index < -0.39 is 5.82 Å². The number of pyridine rings is 1. The summed E-state index contributed by atoms with van der Waals surface area (Å²) in [5, 5.41) is 0. The van der Waals surface area contributed by atoms with E-state index in [1.807, 2.05) is 6.08 Å². The van der Waals surface area contributed by atoms with E-state index in [1.54, 1.807) is 0 Å². The Balaban J connectivity index is 2.13. The number of aromatic nitrogens is 1. The average molecular weight is 177 g/mol. The van der Waals surface area contributed by atoms with Crippen molar-refractivity contribution in [2.45, 2.75) is 12.8 Å². The molecule has 66 valence electrons. The molecule has 0 N–H and O–H groups in total. The number of nitrogens with zero attached hydrogens (tertiary/aromatic N) is 1. The third-order valence-electron chi connectivity index (χ3n) is 1.93. The average Bonchev–Trinajstić information content (AvgIpc) is 2.91. The number of Topliss-reactive ketones (excluding diaryl/α,β-unsaturated/α-hetero) is 1. The fraction of sp³-hybridized carbons (Fsp3) is 0.200. The second-order valence-corrected chi connectivity index (χ2v) is 2.97. The lowest BCUT2D eigenvalue weighted by Crippen LogP contribution is -2.04. The van der Waals surface area contributed by atoms with E-state index in [4.69, 9.17) is 0 Å². The molecule has 0 saturated carbocycles. The van der Waals surface area contributed by atoms with Gasteiger partial charge in [-0.25, -0.2) is 4.39 Å². The summed E-state index contributed by atoms with van der Waals surface area (Å²) in [5.74, 6) is -0.422. The normalized spacial score (nSPS) is 13.8. The van der Waals surface area contributed by atoms with Crippen LogP contribution in [0.4, 0.5) is 4.39 Å². The minimum absolute atomic E-state index is 0.0161. The van der Waals surface area contributed by atoms with Gasteiger partial charge in [-0.2, -0.15) is 0 Å². The van der Waals surface area contributed by atoms with Crippen LogP contribution in [0.25, 0.3) is 0 Å². The summed E-state index contributed by atoms with van der Waals surface area (Å²) in [6, 6.07) is 2.83. The molecule has 1 aliphatic carbocycles. The Bertz CT molecular complexity index is 384. The van der Waals surface area contributed by atoms with Crippen molar-refractivity contribution in [3.63, 3.8) is 0 Å². The van der Waals surface area contributed by atoms with Gasteiger partial charge in [0.2, 0.25) is 0 Å². The maximum absolute atomic E-state index is 13.0. The maximum Gasteiger partial charge on any atom is 0.164 e. The molecule has 0 fully saturated rings. The van der Waals surface area contributed by atoms with Gasteiger partial charge in [0.1, 0.15) is 5.82 Å². The number of hydrogen-bond acceptors (Lipinski definition) is 2. The number of rotatable bonds is 3. The highest BCUT2D eigenvalue weighted by Gasteiger charge is 2.18. The topological polar surface area (TPSA) is 30.0 Å². The molecule has 2 rings (SSSR count). The lowest BCUT2D eigenvalue weighted by Gasteiger charge is -1.97. The number of carbonyl (C=O) groups is 1. The highest BCUT2D eigenvalue weighted by Crippen LogP contribution is 2.21. The van der Waals surface area contributed by atoms with E-state index in [-0.39, 0.29) is 17.9 Å². The van der Waals surface area contributed by atoms with Crippen molar-refractivity contribution in [2.24, 2.45) is 0 Å². The van der Waals surface area contributed by atoms with Crippen molar-refractivity contribution in [3.8, 4) is 0 Å². The van der Waals surface area contributed by atoms with E-state index in [1.165, 1.54) is 18.3 Å². The molecule has 0 aromatic carbocycles. The summed E-state index contributed by atoms with van der Waals surface area (Å²) in [6.07, 6.45) is 4.17. The van der Waals surface area contributed by atoms with Crippen molar-refractivity contribution in [1.29, 1.82) is 0 Å². The zero-order valence-electron chi connectivity index (χ0n) is 6.96. The lowest BCUT2D eigenvalue weighted by atomic mass is 10.1. The van der Waals surface area contributed by atoms with Crippen molar-refractivity contribution in [2.75, 3.05) is 0 Å². The highest BCUT2D eigenvalue weighted by molar-refractivity contribution is 6.00. The van der Waals surface area contributed by atoms with Crippen molar-refractivity contribution >= 4 is 5.78 Å². The van der Waals surface area contributed by atoms with Crippen LogP contribution in [-0.4, -0.2) is 10.8 Å². The molecule has 0 radical (unpaired) electrons. The molecule has 1 aliphatic rings. The molecule has 1 heterocycles. The summed E-state index contributed by atoms with van der Waals surface area (Å²) in [7, 11) is 0. The first kappa shape index (κ1) is 8.10. The third-order valence-corrected chi connectivity index (χ3v) is 1.93. The molecule has 1 aromatic heterocycles. The number of carbonyl (C=O) groups excluding carboxylic acids is 1. The smallest absolute Gasteiger partial charge is 0.164 e. The first-order valence-corrected chi connectivity index (χ1v) is 4.09. The Hall–Kier alpha value is -1.51. The zero-order valence-corrected chi connectivity index (χ0v) is 6.96. The molecule has 13 heavy (non-hydrogen) atoms. The van der Waals surface area contributed by atoms with Crippen LogP contribution >= 0.6 is 0 Å². The molecule has 0 atom stereocenters. The van der Waals surface area contributed by atoms with Crippen molar-refractivity contribution < 1.29 is 9.18 Å². The standard InChI is InChI=1S/C10H8FNO/c11-8-2-1-5-12-9(8)6-10(13)7-3-4-7/h1-3,5H,4,6H2. The molecule has 0 spiro atoms. The zero-order chi connectivity index (χ0) is 9.26. The largest absolute Gasteiger partial charge is 0.294 e. The van der Waals surface area contributed by atoms with Gasteiger partial charge in [0, 0.05) is 6.20 Å². The predicted molar refractivity (Wildman–Crippen MR) is 45.6 cm³/mol. The van der Waals surface area contributed by atoms with Crippen LogP contribution in [0.5, 0.6) is 0 Å². The molecule has 0 bridgehead atoms. The quantitative estimate of drug-likeness (QED) is 0.702. The van der Waals surface area contributed by atoms with Crippen LogP contribution in [0, 0.1) is 5.82 Å². The summed E-state index contributed by atoms with van der Waals surface area (Å²) < 4.78 is 13.0. The Kier molecular flexibility index (Phi) is 1.93. The monoisotopic (exact) mass is 177 g/mol. The summed E-state index contributed by atoms with van der Waals surface area (Å²) >= 11 is 0. The molecule has 0 unspecified atom stereocenters. The number of hydrogen-bond donors (Lipinski definition) is 0. The summed E-state index contributed by atoms with van der Waals surface area (Å²) in [5.41, 5.74) is 1.03. The van der Waals surface area contributed by atoms with Gasteiger partial charge in [0.25, 0.3) is 0 Å². The number of allylic oxidation sites excluding steroid dienone is 2. The van der Waals surface area contributed by atoms with Gasteiger partial charge in [-0.3, -0.25) is 9.78 Å². The van der Waals surface area contributed by atoms with Crippen LogP contribution in [0.2, 0.25) is 0 Å². The second kappa shape index (κ2) is 3.09. The molecule has 1 aromatic rings. The van der Waals surface area contributed by atoms with Gasteiger partial charge >= 0.3 is 0 Å². The minimum Gasteiger partial charge on any atom is -0.294 e. The summed E-state index contributed by atoms with van der Waals surface area (Å²) in [4.78, 5) is 15.1. The van der Waals surface area contributed by atoms with Gasteiger partial charge in [0.05, 0.1) is 12.1 Å². The van der Waals surface area contributed by atoms with Crippen molar-refractivity contribution in [3.05, 3.63) is 41.5 Å².